The van der Waals surface area contributed by atoms with Gasteiger partial charge in [0, 0.05) is 17.7 Å². The van der Waals surface area contributed by atoms with E-state index in [1.165, 1.54) is 18.9 Å². The Labute approximate surface area is 124 Å². The minimum Gasteiger partial charge on any atom is -0.493 e. The zero-order valence-electron chi connectivity index (χ0n) is 12.1. The molecule has 0 aliphatic carbocycles. The molecule has 0 bridgehead atoms. The van der Waals surface area contributed by atoms with Gasteiger partial charge >= 0.3 is 5.97 Å². The standard InChI is InChI=1S/C16H20O5/c1-2-3-4-5-8-19-13-10-15-14(20-11-21-15)9-12(13)6-7-16(17)18/h6-7,9-10H,2-5,8,11H2,1H3,(H,17,18). The first-order valence-electron chi connectivity index (χ1n) is 7.18. The Morgan fingerprint density at radius 2 is 2.05 bits per heavy atom. The van der Waals surface area contributed by atoms with Gasteiger partial charge in [-0.2, -0.15) is 0 Å². The van der Waals surface area contributed by atoms with Crippen LogP contribution in [-0.4, -0.2) is 24.5 Å². The molecule has 1 aliphatic heterocycles. The molecule has 1 aromatic rings. The minimum absolute atomic E-state index is 0.178. The number of hydrogen-bond acceptors (Lipinski definition) is 4. The predicted molar refractivity (Wildman–Crippen MR) is 78.9 cm³/mol. The second kappa shape index (κ2) is 7.57. The van der Waals surface area contributed by atoms with E-state index in [1.54, 1.807) is 12.1 Å². The Hall–Kier alpha value is -2.17. The van der Waals surface area contributed by atoms with Crippen molar-refractivity contribution in [1.29, 1.82) is 0 Å². The van der Waals surface area contributed by atoms with Crippen LogP contribution in [0.3, 0.4) is 0 Å². The third kappa shape index (κ3) is 4.41. The Bertz CT molecular complexity index is 522. The summed E-state index contributed by atoms with van der Waals surface area (Å²) in [4.78, 5) is 10.7. The number of benzene rings is 1. The molecule has 5 heteroatoms. The second-order valence-electron chi connectivity index (χ2n) is 4.82. The first-order valence-corrected chi connectivity index (χ1v) is 7.18. The van der Waals surface area contributed by atoms with Gasteiger partial charge in [-0.15, -0.1) is 0 Å². The van der Waals surface area contributed by atoms with Gasteiger partial charge in [-0.3, -0.25) is 0 Å². The molecule has 0 saturated heterocycles. The molecule has 0 amide bonds. The van der Waals surface area contributed by atoms with Crippen LogP contribution in [0.15, 0.2) is 18.2 Å². The lowest BCUT2D eigenvalue weighted by Gasteiger charge is -2.10. The van der Waals surface area contributed by atoms with Crippen LogP contribution in [0.1, 0.15) is 38.2 Å². The van der Waals surface area contributed by atoms with Gasteiger partial charge in [-0.25, -0.2) is 4.79 Å². The number of carboxylic acid groups (broad SMARTS) is 1. The first-order chi connectivity index (χ1) is 10.2. The first kappa shape index (κ1) is 15.2. The number of carboxylic acids is 1. The van der Waals surface area contributed by atoms with Crippen molar-refractivity contribution < 1.29 is 24.1 Å². The zero-order valence-corrected chi connectivity index (χ0v) is 12.1. The number of carbonyl (C=O) groups is 1. The van der Waals surface area contributed by atoms with E-state index in [-0.39, 0.29) is 6.79 Å². The van der Waals surface area contributed by atoms with E-state index in [9.17, 15) is 4.79 Å². The molecule has 0 atom stereocenters. The topological polar surface area (TPSA) is 65.0 Å². The number of fused-ring (bicyclic) bond motifs is 1. The Balaban J connectivity index is 2.07. The number of rotatable bonds is 8. The number of aliphatic carboxylic acids is 1. The fraction of sp³-hybridized carbons (Fsp3) is 0.438. The summed E-state index contributed by atoms with van der Waals surface area (Å²) in [5.74, 6) is 0.860. The Kier molecular flexibility index (Phi) is 5.49. The fourth-order valence-corrected chi connectivity index (χ4v) is 2.07. The van der Waals surface area contributed by atoms with Crippen LogP contribution >= 0.6 is 0 Å². The van der Waals surface area contributed by atoms with Crippen molar-refractivity contribution in [2.24, 2.45) is 0 Å². The maximum Gasteiger partial charge on any atom is 0.328 e. The van der Waals surface area contributed by atoms with E-state index >= 15 is 0 Å². The smallest absolute Gasteiger partial charge is 0.328 e. The number of hydrogen-bond donors (Lipinski definition) is 1. The van der Waals surface area contributed by atoms with Gasteiger partial charge < -0.3 is 19.3 Å². The molecule has 5 nitrogen and oxygen atoms in total. The van der Waals surface area contributed by atoms with Crippen molar-refractivity contribution in [2.75, 3.05) is 13.4 Å². The zero-order chi connectivity index (χ0) is 15.1. The monoisotopic (exact) mass is 292 g/mol. The van der Waals surface area contributed by atoms with Crippen LogP contribution in [0.5, 0.6) is 17.2 Å². The maximum absolute atomic E-state index is 10.7. The molecule has 1 N–H and O–H groups in total. The number of ether oxygens (including phenoxy) is 3. The molecule has 0 saturated carbocycles. The third-order valence-corrected chi connectivity index (χ3v) is 3.17. The van der Waals surface area contributed by atoms with E-state index < -0.39 is 5.97 Å². The van der Waals surface area contributed by atoms with Gasteiger partial charge in [0.1, 0.15) is 5.75 Å². The van der Waals surface area contributed by atoms with E-state index in [0.29, 0.717) is 29.4 Å². The molecular weight excluding hydrogens is 272 g/mol. The van der Waals surface area contributed by atoms with Crippen LogP contribution in [-0.2, 0) is 4.79 Å². The van der Waals surface area contributed by atoms with Crippen LogP contribution < -0.4 is 14.2 Å². The molecule has 1 aromatic carbocycles. The van der Waals surface area contributed by atoms with E-state index in [4.69, 9.17) is 19.3 Å². The highest BCUT2D eigenvalue weighted by molar-refractivity contribution is 5.86. The van der Waals surface area contributed by atoms with Crippen LogP contribution in [0, 0.1) is 0 Å². The summed E-state index contributed by atoms with van der Waals surface area (Å²) in [5, 5.41) is 8.75. The molecule has 2 rings (SSSR count). The summed E-state index contributed by atoms with van der Waals surface area (Å²) in [6.45, 7) is 2.94. The Morgan fingerprint density at radius 1 is 1.29 bits per heavy atom. The summed E-state index contributed by atoms with van der Waals surface area (Å²) in [5.41, 5.74) is 0.678. The van der Waals surface area contributed by atoms with Crippen molar-refractivity contribution in [2.45, 2.75) is 32.6 Å². The highest BCUT2D eigenvalue weighted by Crippen LogP contribution is 2.38. The van der Waals surface area contributed by atoms with Crippen molar-refractivity contribution in [1.82, 2.24) is 0 Å². The van der Waals surface area contributed by atoms with Crippen LogP contribution in [0.4, 0.5) is 0 Å². The highest BCUT2D eigenvalue weighted by atomic mass is 16.7. The summed E-state index contributed by atoms with van der Waals surface area (Å²) >= 11 is 0. The lowest BCUT2D eigenvalue weighted by Crippen LogP contribution is -1.99. The molecule has 1 aliphatic rings. The van der Waals surface area contributed by atoms with Crippen molar-refractivity contribution in [3.63, 3.8) is 0 Å². The fourth-order valence-electron chi connectivity index (χ4n) is 2.07. The van der Waals surface area contributed by atoms with Crippen molar-refractivity contribution >= 4 is 12.0 Å². The highest BCUT2D eigenvalue weighted by Gasteiger charge is 2.17. The molecule has 0 aromatic heterocycles. The molecule has 0 unspecified atom stereocenters. The van der Waals surface area contributed by atoms with Crippen LogP contribution in [0.25, 0.3) is 6.08 Å². The van der Waals surface area contributed by atoms with Crippen molar-refractivity contribution in [3.05, 3.63) is 23.8 Å². The van der Waals surface area contributed by atoms with Gasteiger partial charge in [0.05, 0.1) is 6.61 Å². The predicted octanol–water partition coefficient (Wildman–Crippen LogP) is 3.47. The molecule has 0 radical (unpaired) electrons. The largest absolute Gasteiger partial charge is 0.493 e. The van der Waals surface area contributed by atoms with E-state index in [1.807, 2.05) is 0 Å². The summed E-state index contributed by atoms with van der Waals surface area (Å²) in [7, 11) is 0. The third-order valence-electron chi connectivity index (χ3n) is 3.17. The van der Waals surface area contributed by atoms with E-state index in [2.05, 4.69) is 6.92 Å². The average Bonchev–Trinajstić information content (AvgIpc) is 2.91. The van der Waals surface area contributed by atoms with Gasteiger partial charge in [-0.1, -0.05) is 26.2 Å². The van der Waals surface area contributed by atoms with Crippen LogP contribution in [0.2, 0.25) is 0 Å². The molecule has 21 heavy (non-hydrogen) atoms. The molecule has 114 valence electrons. The quantitative estimate of drug-likeness (QED) is 0.587. The van der Waals surface area contributed by atoms with Gasteiger partial charge in [0.25, 0.3) is 0 Å². The SMILES string of the molecule is CCCCCCOc1cc2c(cc1C=CC(=O)O)OCO2. The minimum atomic E-state index is -0.999. The average molecular weight is 292 g/mol. The Morgan fingerprint density at radius 3 is 2.76 bits per heavy atom. The molecule has 0 fully saturated rings. The lowest BCUT2D eigenvalue weighted by atomic mass is 10.1. The second-order valence-corrected chi connectivity index (χ2v) is 4.82. The molecule has 1 heterocycles. The van der Waals surface area contributed by atoms with Crippen molar-refractivity contribution in [3.8, 4) is 17.2 Å². The normalized spacial score (nSPS) is 12.8. The molecule has 0 spiro atoms. The molecular formula is C16H20O5. The summed E-state index contributed by atoms with van der Waals surface area (Å²) < 4.78 is 16.4. The summed E-state index contributed by atoms with van der Waals surface area (Å²) in [6, 6.07) is 3.49. The summed E-state index contributed by atoms with van der Waals surface area (Å²) in [6.07, 6.45) is 7.06. The van der Waals surface area contributed by atoms with Gasteiger partial charge in [-0.05, 0) is 18.6 Å². The van der Waals surface area contributed by atoms with Gasteiger partial charge in [0.15, 0.2) is 11.5 Å². The maximum atomic E-state index is 10.7. The van der Waals surface area contributed by atoms with E-state index in [0.717, 1.165) is 18.9 Å². The van der Waals surface area contributed by atoms with Gasteiger partial charge in [0.2, 0.25) is 6.79 Å². The number of unbranched alkanes of at least 4 members (excludes halogenated alkanes) is 3. The lowest BCUT2D eigenvalue weighted by molar-refractivity contribution is -0.131.